The molecule has 1 aliphatic rings. The molecule has 114 valence electrons. The summed E-state index contributed by atoms with van der Waals surface area (Å²) in [5.74, 6) is 0.542. The Hall–Kier alpha value is -0.920. The first kappa shape index (κ1) is 15.5. The van der Waals surface area contributed by atoms with Crippen LogP contribution in [0.25, 0.3) is 0 Å². The molecule has 2 rings (SSSR count). The van der Waals surface area contributed by atoms with E-state index in [-0.39, 0.29) is 4.90 Å². The molecule has 1 N–H and O–H groups in total. The van der Waals surface area contributed by atoms with Crippen molar-refractivity contribution in [1.29, 1.82) is 0 Å². The van der Waals surface area contributed by atoms with Crippen molar-refractivity contribution in [2.45, 2.75) is 44.2 Å². The van der Waals surface area contributed by atoms with Gasteiger partial charge in [0.2, 0.25) is 10.0 Å². The summed E-state index contributed by atoms with van der Waals surface area (Å²) in [6, 6.07) is 0.415. The Kier molecular flexibility index (Phi) is 4.82. The molecule has 20 heavy (non-hydrogen) atoms. The maximum Gasteiger partial charge on any atom is 0.245 e. The van der Waals surface area contributed by atoms with Gasteiger partial charge in [-0.15, -0.1) is 0 Å². The van der Waals surface area contributed by atoms with Crippen LogP contribution in [0.4, 0.5) is 0 Å². The summed E-state index contributed by atoms with van der Waals surface area (Å²) in [6.45, 7) is 6.21. The minimum atomic E-state index is -3.38. The molecule has 1 heterocycles. The first-order valence-electron chi connectivity index (χ1n) is 7.12. The van der Waals surface area contributed by atoms with Gasteiger partial charge in [-0.2, -0.15) is 5.10 Å². The van der Waals surface area contributed by atoms with Crippen LogP contribution in [0.1, 0.15) is 26.7 Å². The number of nitrogens with one attached hydrogen (secondary N) is 1. The number of rotatable bonds is 8. The summed E-state index contributed by atoms with van der Waals surface area (Å²) in [5.41, 5.74) is 0. The number of hydrogen-bond acceptors (Lipinski definition) is 4. The molecule has 0 aliphatic heterocycles. The Morgan fingerprint density at radius 3 is 2.80 bits per heavy atom. The molecule has 0 spiro atoms. The monoisotopic (exact) mass is 300 g/mol. The normalized spacial score (nSPS) is 16.2. The van der Waals surface area contributed by atoms with Crippen LogP contribution in [0.15, 0.2) is 17.3 Å². The third kappa shape index (κ3) is 4.04. The number of nitrogens with zero attached hydrogens (tertiary/aromatic N) is 3. The van der Waals surface area contributed by atoms with Gasteiger partial charge in [-0.25, -0.2) is 12.7 Å². The van der Waals surface area contributed by atoms with Gasteiger partial charge >= 0.3 is 0 Å². The fourth-order valence-corrected chi connectivity index (χ4v) is 3.21. The van der Waals surface area contributed by atoms with E-state index >= 15 is 0 Å². The fourth-order valence-electron chi connectivity index (χ4n) is 2.01. The van der Waals surface area contributed by atoms with Gasteiger partial charge in [-0.1, -0.05) is 13.8 Å². The molecule has 0 amide bonds. The molecule has 0 atom stereocenters. The minimum absolute atomic E-state index is 0.283. The van der Waals surface area contributed by atoms with Gasteiger partial charge in [-0.3, -0.25) is 4.68 Å². The summed E-state index contributed by atoms with van der Waals surface area (Å²) in [7, 11) is -1.74. The molecule has 0 bridgehead atoms. The van der Waals surface area contributed by atoms with Crippen molar-refractivity contribution in [2.75, 3.05) is 20.1 Å². The highest BCUT2D eigenvalue weighted by Gasteiger charge is 2.29. The van der Waals surface area contributed by atoms with Crippen molar-refractivity contribution in [3.8, 4) is 0 Å². The summed E-state index contributed by atoms with van der Waals surface area (Å²) < 4.78 is 27.8. The first-order chi connectivity index (χ1) is 9.39. The lowest BCUT2D eigenvalue weighted by molar-refractivity contribution is 0.452. The minimum Gasteiger partial charge on any atom is -0.313 e. The lowest BCUT2D eigenvalue weighted by Crippen LogP contribution is -2.29. The lowest BCUT2D eigenvalue weighted by Gasteiger charge is -2.15. The second-order valence-corrected chi connectivity index (χ2v) is 7.82. The van der Waals surface area contributed by atoms with Crippen molar-refractivity contribution in [3.05, 3.63) is 12.4 Å². The van der Waals surface area contributed by atoms with Gasteiger partial charge in [0.15, 0.2) is 0 Å². The Balaban J connectivity index is 1.95. The highest BCUT2D eigenvalue weighted by Crippen LogP contribution is 2.30. The summed E-state index contributed by atoms with van der Waals surface area (Å²) in [6.07, 6.45) is 5.33. The zero-order chi connectivity index (χ0) is 14.8. The summed E-state index contributed by atoms with van der Waals surface area (Å²) in [4.78, 5) is 0.283. The SMILES string of the molecule is CC(C)NCCn1cc(S(=O)(=O)N(C)CC2CC2)cn1. The predicted molar refractivity (Wildman–Crippen MR) is 77.9 cm³/mol. The number of hydrogen-bond donors (Lipinski definition) is 1. The fraction of sp³-hybridized carbons (Fsp3) is 0.769. The number of aromatic nitrogens is 2. The largest absolute Gasteiger partial charge is 0.313 e. The quantitative estimate of drug-likeness (QED) is 0.775. The molecular weight excluding hydrogens is 276 g/mol. The molecule has 0 radical (unpaired) electrons. The Morgan fingerprint density at radius 1 is 1.50 bits per heavy atom. The van der Waals surface area contributed by atoms with Gasteiger partial charge < -0.3 is 5.32 Å². The van der Waals surface area contributed by atoms with Gasteiger partial charge in [0.05, 0.1) is 12.7 Å². The van der Waals surface area contributed by atoms with Crippen LogP contribution in [0.5, 0.6) is 0 Å². The van der Waals surface area contributed by atoms with E-state index in [1.54, 1.807) is 17.9 Å². The van der Waals surface area contributed by atoms with E-state index in [4.69, 9.17) is 0 Å². The zero-order valence-corrected chi connectivity index (χ0v) is 13.2. The van der Waals surface area contributed by atoms with Crippen LogP contribution in [-0.2, 0) is 16.6 Å². The lowest BCUT2D eigenvalue weighted by atomic mass is 10.4. The highest BCUT2D eigenvalue weighted by molar-refractivity contribution is 7.89. The van der Waals surface area contributed by atoms with E-state index < -0.39 is 10.0 Å². The topological polar surface area (TPSA) is 67.2 Å². The molecule has 1 aliphatic carbocycles. The van der Waals surface area contributed by atoms with Gasteiger partial charge in [0.1, 0.15) is 4.90 Å². The maximum atomic E-state index is 12.3. The standard InChI is InChI=1S/C13H24N4O2S/c1-11(2)14-6-7-17-10-13(8-15-17)20(18,19)16(3)9-12-4-5-12/h8,10-12,14H,4-7,9H2,1-3H3. The van der Waals surface area contributed by atoms with E-state index in [2.05, 4.69) is 24.3 Å². The van der Waals surface area contributed by atoms with Crippen LogP contribution in [0, 0.1) is 5.92 Å². The molecule has 1 aromatic rings. The van der Waals surface area contributed by atoms with Gasteiger partial charge in [0.25, 0.3) is 0 Å². The van der Waals surface area contributed by atoms with E-state index in [9.17, 15) is 8.42 Å². The van der Waals surface area contributed by atoms with Crippen LogP contribution < -0.4 is 5.32 Å². The Bertz CT molecular complexity index is 534. The van der Waals surface area contributed by atoms with Crippen molar-refractivity contribution in [2.24, 2.45) is 5.92 Å². The smallest absolute Gasteiger partial charge is 0.245 e. The summed E-state index contributed by atoms with van der Waals surface area (Å²) >= 11 is 0. The second kappa shape index (κ2) is 6.24. The van der Waals surface area contributed by atoms with E-state index in [0.29, 0.717) is 25.0 Å². The van der Waals surface area contributed by atoms with Crippen LogP contribution in [-0.4, -0.2) is 48.7 Å². The van der Waals surface area contributed by atoms with Crippen molar-refractivity contribution >= 4 is 10.0 Å². The average molecular weight is 300 g/mol. The van der Waals surface area contributed by atoms with Crippen molar-refractivity contribution in [1.82, 2.24) is 19.4 Å². The highest BCUT2D eigenvalue weighted by atomic mass is 32.2. The zero-order valence-electron chi connectivity index (χ0n) is 12.4. The average Bonchev–Trinajstić information content (AvgIpc) is 3.04. The molecule has 7 heteroatoms. The second-order valence-electron chi connectivity index (χ2n) is 5.78. The molecule has 0 aromatic carbocycles. The molecule has 0 saturated heterocycles. The molecule has 1 saturated carbocycles. The van der Waals surface area contributed by atoms with Gasteiger partial charge in [0, 0.05) is 32.4 Å². The number of sulfonamides is 1. The molecule has 6 nitrogen and oxygen atoms in total. The van der Waals surface area contributed by atoms with E-state index in [1.165, 1.54) is 10.5 Å². The van der Waals surface area contributed by atoms with Crippen LogP contribution in [0.3, 0.4) is 0 Å². The molecule has 0 unspecified atom stereocenters. The predicted octanol–water partition coefficient (Wildman–Crippen LogP) is 0.912. The first-order valence-corrected chi connectivity index (χ1v) is 8.56. The van der Waals surface area contributed by atoms with E-state index in [1.807, 2.05) is 0 Å². The molecular formula is C13H24N4O2S. The van der Waals surface area contributed by atoms with E-state index in [0.717, 1.165) is 19.4 Å². The molecule has 1 fully saturated rings. The van der Waals surface area contributed by atoms with Crippen molar-refractivity contribution < 1.29 is 8.42 Å². The Morgan fingerprint density at radius 2 is 2.20 bits per heavy atom. The maximum absolute atomic E-state index is 12.3. The third-order valence-electron chi connectivity index (χ3n) is 3.42. The third-order valence-corrected chi connectivity index (χ3v) is 5.20. The molecule has 1 aromatic heterocycles. The van der Waals surface area contributed by atoms with Crippen LogP contribution in [0.2, 0.25) is 0 Å². The van der Waals surface area contributed by atoms with Crippen molar-refractivity contribution in [3.63, 3.8) is 0 Å². The Labute approximate surface area is 121 Å². The van der Waals surface area contributed by atoms with Crippen LogP contribution >= 0.6 is 0 Å². The summed E-state index contributed by atoms with van der Waals surface area (Å²) in [5, 5.41) is 7.41. The van der Waals surface area contributed by atoms with Gasteiger partial charge in [-0.05, 0) is 18.8 Å².